The second kappa shape index (κ2) is 4.21. The predicted octanol–water partition coefficient (Wildman–Crippen LogP) is 1.75. The van der Waals surface area contributed by atoms with E-state index >= 15 is 0 Å². The molecule has 0 aromatic heterocycles. The van der Waals surface area contributed by atoms with Gasteiger partial charge in [0.05, 0.1) is 0 Å². The van der Waals surface area contributed by atoms with Gasteiger partial charge in [-0.25, -0.2) is 4.79 Å². The van der Waals surface area contributed by atoms with Crippen LogP contribution in [0.25, 0.3) is 0 Å². The number of hydrogen-bond donors (Lipinski definition) is 1. The van der Waals surface area contributed by atoms with E-state index in [2.05, 4.69) is 19.2 Å². The normalized spacial score (nSPS) is 28.1. The summed E-state index contributed by atoms with van der Waals surface area (Å²) in [6.07, 6.45) is 1.67. The summed E-state index contributed by atoms with van der Waals surface area (Å²) in [5, 5.41) is 2.39. The average molecular weight is 212 g/mol. The molecule has 2 unspecified atom stereocenters. The third-order valence-corrected chi connectivity index (χ3v) is 3.43. The van der Waals surface area contributed by atoms with E-state index in [4.69, 9.17) is 0 Å². The predicted molar refractivity (Wildman–Crippen MR) is 58.4 cm³/mol. The summed E-state index contributed by atoms with van der Waals surface area (Å²) >= 11 is 0. The van der Waals surface area contributed by atoms with E-state index in [1.165, 1.54) is 0 Å². The van der Waals surface area contributed by atoms with E-state index in [9.17, 15) is 9.59 Å². The quantitative estimate of drug-likeness (QED) is 0.722. The minimum Gasteiger partial charge on any atom is -0.310 e. The molecular weight excluding hydrogens is 192 g/mol. The van der Waals surface area contributed by atoms with Crippen LogP contribution in [0.1, 0.15) is 40.5 Å². The van der Waals surface area contributed by atoms with Gasteiger partial charge in [0.15, 0.2) is 0 Å². The zero-order valence-corrected chi connectivity index (χ0v) is 9.96. The fourth-order valence-corrected chi connectivity index (χ4v) is 1.72. The maximum atomic E-state index is 11.6. The van der Waals surface area contributed by atoms with E-state index in [1.807, 2.05) is 13.8 Å². The Bertz CT molecular complexity index is 278. The third-order valence-electron chi connectivity index (χ3n) is 3.43. The van der Waals surface area contributed by atoms with Crippen molar-refractivity contribution in [3.63, 3.8) is 0 Å². The monoisotopic (exact) mass is 212 g/mol. The Balaban J connectivity index is 2.84. The van der Waals surface area contributed by atoms with Crippen molar-refractivity contribution in [2.75, 3.05) is 6.54 Å². The number of carbonyl (C=O) groups is 2. The summed E-state index contributed by atoms with van der Waals surface area (Å²) in [7, 11) is 0. The fourth-order valence-electron chi connectivity index (χ4n) is 1.72. The van der Waals surface area contributed by atoms with Crippen LogP contribution in [0.4, 0.5) is 4.79 Å². The Kier molecular flexibility index (Phi) is 3.37. The molecule has 1 heterocycles. The van der Waals surface area contributed by atoms with Crippen molar-refractivity contribution >= 4 is 11.9 Å². The Morgan fingerprint density at radius 1 is 1.40 bits per heavy atom. The van der Waals surface area contributed by atoms with Crippen LogP contribution < -0.4 is 5.32 Å². The first-order chi connectivity index (χ1) is 6.95. The molecule has 86 valence electrons. The average Bonchev–Trinajstić information content (AvgIpc) is 2.42. The summed E-state index contributed by atoms with van der Waals surface area (Å²) in [6, 6.07) is -0.246. The van der Waals surface area contributed by atoms with Crippen LogP contribution in [0, 0.1) is 5.92 Å². The van der Waals surface area contributed by atoms with Crippen molar-refractivity contribution in [2.24, 2.45) is 5.92 Å². The van der Waals surface area contributed by atoms with Crippen LogP contribution in [0.15, 0.2) is 0 Å². The van der Waals surface area contributed by atoms with Gasteiger partial charge in [0, 0.05) is 6.54 Å². The molecule has 1 aliphatic rings. The molecule has 0 aromatic rings. The van der Waals surface area contributed by atoms with Crippen molar-refractivity contribution in [1.82, 2.24) is 10.2 Å². The number of carbonyl (C=O) groups excluding carboxylic acids is 2. The van der Waals surface area contributed by atoms with Gasteiger partial charge in [0.25, 0.3) is 5.91 Å². The SMILES string of the molecule is CCC(C)CN1C(=O)NC(=O)C1(C)CC. The van der Waals surface area contributed by atoms with Gasteiger partial charge in [-0.1, -0.05) is 27.2 Å². The number of rotatable bonds is 4. The summed E-state index contributed by atoms with van der Waals surface area (Å²) < 4.78 is 0. The highest BCUT2D eigenvalue weighted by Crippen LogP contribution is 2.26. The van der Waals surface area contributed by atoms with Crippen molar-refractivity contribution in [3.05, 3.63) is 0 Å². The molecule has 0 radical (unpaired) electrons. The minimum atomic E-state index is -0.652. The van der Waals surface area contributed by atoms with E-state index < -0.39 is 5.54 Å². The van der Waals surface area contributed by atoms with Gasteiger partial charge in [-0.05, 0) is 19.3 Å². The number of nitrogens with one attached hydrogen (secondary N) is 1. The first kappa shape index (κ1) is 12.0. The maximum absolute atomic E-state index is 11.6. The van der Waals surface area contributed by atoms with Gasteiger partial charge < -0.3 is 4.90 Å². The lowest BCUT2D eigenvalue weighted by molar-refractivity contribution is -0.126. The van der Waals surface area contributed by atoms with Crippen LogP contribution >= 0.6 is 0 Å². The standard InChI is InChI=1S/C11H20N2O2/c1-5-8(3)7-13-10(15)12-9(14)11(13,4)6-2/h8H,5-7H2,1-4H3,(H,12,14,15). The van der Waals surface area contributed by atoms with Gasteiger partial charge in [-0.15, -0.1) is 0 Å². The lowest BCUT2D eigenvalue weighted by Crippen LogP contribution is -2.48. The highest BCUT2D eigenvalue weighted by atomic mass is 16.2. The van der Waals surface area contributed by atoms with Gasteiger partial charge >= 0.3 is 6.03 Å². The van der Waals surface area contributed by atoms with Crippen LogP contribution in [0.3, 0.4) is 0 Å². The molecule has 0 spiro atoms. The summed E-state index contributed by atoms with van der Waals surface area (Å²) in [5.74, 6) is 0.255. The summed E-state index contributed by atoms with van der Waals surface area (Å²) in [6.45, 7) is 8.59. The molecule has 0 aromatic carbocycles. The smallest absolute Gasteiger partial charge is 0.310 e. The van der Waals surface area contributed by atoms with Crippen molar-refractivity contribution in [1.29, 1.82) is 0 Å². The lowest BCUT2D eigenvalue weighted by Gasteiger charge is -2.32. The zero-order valence-electron chi connectivity index (χ0n) is 9.96. The molecule has 1 saturated heterocycles. The number of nitrogens with zero attached hydrogens (tertiary/aromatic N) is 1. The van der Waals surface area contributed by atoms with Gasteiger partial charge in [0.1, 0.15) is 5.54 Å². The molecule has 0 saturated carbocycles. The van der Waals surface area contributed by atoms with Gasteiger partial charge in [-0.3, -0.25) is 10.1 Å². The molecule has 3 amide bonds. The summed E-state index contributed by atoms with van der Waals surface area (Å²) in [5.41, 5.74) is -0.652. The van der Waals surface area contributed by atoms with Gasteiger partial charge in [-0.2, -0.15) is 0 Å². The van der Waals surface area contributed by atoms with E-state index in [1.54, 1.807) is 4.90 Å². The Morgan fingerprint density at radius 3 is 2.47 bits per heavy atom. The Labute approximate surface area is 91.0 Å². The highest BCUT2D eigenvalue weighted by molar-refractivity contribution is 6.06. The molecule has 1 aliphatic heterocycles. The second-order valence-electron chi connectivity index (χ2n) is 4.51. The zero-order chi connectivity index (χ0) is 11.6. The molecule has 4 nitrogen and oxygen atoms in total. The number of urea groups is 1. The van der Waals surface area contributed by atoms with Crippen molar-refractivity contribution in [2.45, 2.75) is 46.1 Å². The highest BCUT2D eigenvalue weighted by Gasteiger charge is 2.47. The first-order valence-corrected chi connectivity index (χ1v) is 5.58. The lowest BCUT2D eigenvalue weighted by atomic mass is 9.96. The molecule has 0 bridgehead atoms. The topological polar surface area (TPSA) is 49.4 Å². The largest absolute Gasteiger partial charge is 0.325 e. The molecule has 15 heavy (non-hydrogen) atoms. The number of amides is 3. The van der Waals surface area contributed by atoms with Crippen molar-refractivity contribution in [3.8, 4) is 0 Å². The molecule has 1 N–H and O–H groups in total. The van der Waals surface area contributed by atoms with E-state index in [-0.39, 0.29) is 11.9 Å². The number of imide groups is 1. The van der Waals surface area contributed by atoms with E-state index in [0.29, 0.717) is 18.9 Å². The third kappa shape index (κ3) is 1.98. The second-order valence-corrected chi connectivity index (χ2v) is 4.51. The Hall–Kier alpha value is -1.06. The first-order valence-electron chi connectivity index (χ1n) is 5.58. The maximum Gasteiger partial charge on any atom is 0.325 e. The van der Waals surface area contributed by atoms with Crippen LogP contribution in [0.2, 0.25) is 0 Å². The van der Waals surface area contributed by atoms with E-state index in [0.717, 1.165) is 6.42 Å². The Morgan fingerprint density at radius 2 is 2.00 bits per heavy atom. The molecule has 1 rings (SSSR count). The van der Waals surface area contributed by atoms with Crippen LogP contribution in [-0.4, -0.2) is 28.9 Å². The van der Waals surface area contributed by atoms with Gasteiger partial charge in [0.2, 0.25) is 0 Å². The van der Waals surface area contributed by atoms with Crippen LogP contribution in [-0.2, 0) is 4.79 Å². The molecule has 1 fully saturated rings. The molecular formula is C11H20N2O2. The van der Waals surface area contributed by atoms with Crippen molar-refractivity contribution < 1.29 is 9.59 Å². The molecule has 0 aliphatic carbocycles. The molecule has 4 heteroatoms. The molecule has 2 atom stereocenters. The van der Waals surface area contributed by atoms with Crippen LogP contribution in [0.5, 0.6) is 0 Å². The number of hydrogen-bond acceptors (Lipinski definition) is 2. The summed E-state index contributed by atoms with van der Waals surface area (Å²) in [4.78, 5) is 24.9. The fraction of sp³-hybridized carbons (Fsp3) is 0.818. The minimum absolute atomic E-state index is 0.168.